The van der Waals surface area contributed by atoms with Gasteiger partial charge in [0.2, 0.25) is 5.91 Å². The lowest BCUT2D eigenvalue weighted by molar-refractivity contribution is -0.113. The molecule has 1 aromatic heterocycles. The van der Waals surface area contributed by atoms with Crippen molar-refractivity contribution in [3.8, 4) is 0 Å². The molecule has 0 unspecified atom stereocenters. The number of rotatable bonds is 7. The van der Waals surface area contributed by atoms with Gasteiger partial charge in [0.25, 0.3) is 5.91 Å². The number of carbonyl (C=O) groups excluding carboxylic acids is 2. The molecule has 0 spiro atoms. The molecule has 1 heterocycles. The van der Waals surface area contributed by atoms with Crippen LogP contribution in [0.2, 0.25) is 5.02 Å². The molecule has 0 saturated carbocycles. The van der Waals surface area contributed by atoms with Crippen LogP contribution in [0.25, 0.3) is 0 Å². The molecule has 0 radical (unpaired) electrons. The van der Waals surface area contributed by atoms with Gasteiger partial charge in [-0.05, 0) is 43.7 Å². The van der Waals surface area contributed by atoms with Crippen LogP contribution in [-0.4, -0.2) is 32.3 Å². The molecule has 0 fully saturated rings. The van der Waals surface area contributed by atoms with E-state index in [1.807, 2.05) is 32.0 Å². The summed E-state index contributed by atoms with van der Waals surface area (Å²) in [6.45, 7) is 4.11. The average molecular weight is 444 g/mol. The molecule has 2 amide bonds. The van der Waals surface area contributed by atoms with Gasteiger partial charge in [-0.3, -0.25) is 9.59 Å². The van der Waals surface area contributed by atoms with Gasteiger partial charge in [0.05, 0.1) is 12.3 Å². The molecule has 0 bridgehead atoms. The van der Waals surface area contributed by atoms with Crippen molar-refractivity contribution in [1.82, 2.24) is 20.1 Å². The summed E-state index contributed by atoms with van der Waals surface area (Å²) in [7, 11) is 1.80. The monoisotopic (exact) mass is 443 g/mol. The number of thioether (sulfide) groups is 1. The van der Waals surface area contributed by atoms with Crippen LogP contribution in [0.5, 0.6) is 0 Å². The molecule has 156 valence electrons. The van der Waals surface area contributed by atoms with E-state index in [4.69, 9.17) is 11.6 Å². The van der Waals surface area contributed by atoms with Gasteiger partial charge in [0.15, 0.2) is 11.0 Å². The first-order chi connectivity index (χ1) is 14.3. The van der Waals surface area contributed by atoms with Crippen molar-refractivity contribution in [3.05, 3.63) is 70.0 Å². The maximum atomic E-state index is 12.3. The summed E-state index contributed by atoms with van der Waals surface area (Å²) < 4.78 is 1.76. The normalized spacial score (nSPS) is 10.7. The highest BCUT2D eigenvalue weighted by Gasteiger charge is 2.13. The first-order valence-electron chi connectivity index (χ1n) is 9.25. The summed E-state index contributed by atoms with van der Waals surface area (Å²) in [6.07, 6.45) is 0. The number of anilines is 1. The lowest BCUT2D eigenvalue weighted by atomic mass is 10.1. The van der Waals surface area contributed by atoms with Crippen LogP contribution in [0.3, 0.4) is 0 Å². The number of carbonyl (C=O) groups is 2. The smallest absolute Gasteiger partial charge is 0.251 e. The zero-order chi connectivity index (χ0) is 21.7. The van der Waals surface area contributed by atoms with Crippen LogP contribution in [-0.2, 0) is 18.4 Å². The highest BCUT2D eigenvalue weighted by Crippen LogP contribution is 2.21. The van der Waals surface area contributed by atoms with Gasteiger partial charge in [-0.2, -0.15) is 0 Å². The van der Waals surface area contributed by atoms with E-state index in [9.17, 15) is 9.59 Å². The molecule has 0 aliphatic carbocycles. The number of nitrogens with one attached hydrogen (secondary N) is 2. The second-order valence-electron chi connectivity index (χ2n) is 6.80. The SMILES string of the molecule is Cc1ccc(C(=O)NCc2nnc(SCC(=O)Nc3cc(Cl)ccc3C)n2C)cc1. The average Bonchev–Trinajstić information content (AvgIpc) is 3.07. The third-order valence-corrected chi connectivity index (χ3v) is 5.71. The molecule has 3 aromatic rings. The number of aromatic nitrogens is 3. The number of hydrogen-bond donors (Lipinski definition) is 2. The standard InChI is InChI=1S/C21H22ClN5O2S/c1-13-4-7-15(8-5-13)20(29)23-11-18-25-26-21(27(18)3)30-12-19(28)24-17-10-16(22)9-6-14(17)2/h4-10H,11-12H2,1-3H3,(H,23,29)(H,24,28). The van der Waals surface area contributed by atoms with E-state index in [1.165, 1.54) is 11.8 Å². The van der Waals surface area contributed by atoms with Crippen molar-refractivity contribution < 1.29 is 9.59 Å². The minimum absolute atomic E-state index is 0.164. The van der Waals surface area contributed by atoms with Crippen LogP contribution >= 0.6 is 23.4 Å². The summed E-state index contributed by atoms with van der Waals surface area (Å²) >= 11 is 7.26. The second kappa shape index (κ2) is 9.77. The first kappa shape index (κ1) is 21.9. The van der Waals surface area contributed by atoms with Crippen LogP contribution in [0.4, 0.5) is 5.69 Å². The van der Waals surface area contributed by atoms with E-state index in [-0.39, 0.29) is 24.1 Å². The fourth-order valence-corrected chi connectivity index (χ4v) is 3.54. The number of benzene rings is 2. The topological polar surface area (TPSA) is 88.9 Å². The molecule has 0 saturated heterocycles. The Balaban J connectivity index is 1.53. The predicted octanol–water partition coefficient (Wildman–Crippen LogP) is 3.75. The summed E-state index contributed by atoms with van der Waals surface area (Å²) in [4.78, 5) is 24.5. The molecular weight excluding hydrogens is 422 g/mol. The summed E-state index contributed by atoms with van der Waals surface area (Å²) in [5, 5.41) is 15.1. The Labute approximate surface area is 184 Å². The zero-order valence-electron chi connectivity index (χ0n) is 16.9. The largest absolute Gasteiger partial charge is 0.345 e. The van der Waals surface area contributed by atoms with Crippen molar-refractivity contribution in [2.75, 3.05) is 11.1 Å². The summed E-state index contributed by atoms with van der Waals surface area (Å²) in [6, 6.07) is 12.7. The first-order valence-corrected chi connectivity index (χ1v) is 10.6. The second-order valence-corrected chi connectivity index (χ2v) is 8.18. The lowest BCUT2D eigenvalue weighted by Gasteiger charge is -2.09. The quantitative estimate of drug-likeness (QED) is 0.543. The van der Waals surface area contributed by atoms with Gasteiger partial charge >= 0.3 is 0 Å². The van der Waals surface area contributed by atoms with E-state index in [1.54, 1.807) is 35.9 Å². The van der Waals surface area contributed by atoms with Crippen LogP contribution in [0.15, 0.2) is 47.6 Å². The van der Waals surface area contributed by atoms with E-state index in [0.717, 1.165) is 11.1 Å². The molecule has 2 aromatic carbocycles. The molecule has 2 N–H and O–H groups in total. The number of aryl methyl sites for hydroxylation is 2. The van der Waals surface area contributed by atoms with E-state index >= 15 is 0 Å². The van der Waals surface area contributed by atoms with Crippen LogP contribution in [0, 0.1) is 13.8 Å². The van der Waals surface area contributed by atoms with Gasteiger partial charge in [0.1, 0.15) is 0 Å². The minimum atomic E-state index is -0.177. The van der Waals surface area contributed by atoms with E-state index in [2.05, 4.69) is 20.8 Å². The minimum Gasteiger partial charge on any atom is -0.345 e. The third kappa shape index (κ3) is 5.61. The summed E-state index contributed by atoms with van der Waals surface area (Å²) in [5.74, 6) is 0.434. The number of nitrogens with zero attached hydrogens (tertiary/aromatic N) is 3. The van der Waals surface area contributed by atoms with Crippen molar-refractivity contribution in [1.29, 1.82) is 0 Å². The molecule has 0 aliphatic heterocycles. The van der Waals surface area contributed by atoms with Gasteiger partial charge in [0, 0.05) is 23.3 Å². The predicted molar refractivity (Wildman–Crippen MR) is 119 cm³/mol. The number of amides is 2. The highest BCUT2D eigenvalue weighted by molar-refractivity contribution is 7.99. The van der Waals surface area contributed by atoms with Gasteiger partial charge in [-0.25, -0.2) is 0 Å². The molecule has 0 aliphatic rings. The Hall–Kier alpha value is -2.84. The Kier molecular flexibility index (Phi) is 7.12. The fraction of sp³-hybridized carbons (Fsp3) is 0.238. The van der Waals surface area contributed by atoms with E-state index < -0.39 is 0 Å². The maximum absolute atomic E-state index is 12.3. The highest BCUT2D eigenvalue weighted by atomic mass is 35.5. The third-order valence-electron chi connectivity index (χ3n) is 4.45. The molecule has 7 nitrogen and oxygen atoms in total. The zero-order valence-corrected chi connectivity index (χ0v) is 18.5. The molecular formula is C21H22ClN5O2S. The van der Waals surface area contributed by atoms with Crippen molar-refractivity contribution in [3.63, 3.8) is 0 Å². The van der Waals surface area contributed by atoms with Gasteiger partial charge in [-0.1, -0.05) is 47.1 Å². The Morgan fingerprint density at radius 2 is 1.83 bits per heavy atom. The molecule has 0 atom stereocenters. The van der Waals surface area contributed by atoms with E-state index in [0.29, 0.717) is 27.3 Å². The van der Waals surface area contributed by atoms with Gasteiger partial charge in [-0.15, -0.1) is 10.2 Å². The Morgan fingerprint density at radius 1 is 1.10 bits per heavy atom. The van der Waals surface area contributed by atoms with Crippen molar-refractivity contribution in [2.45, 2.75) is 25.5 Å². The summed E-state index contributed by atoms with van der Waals surface area (Å²) in [5.41, 5.74) is 3.30. The van der Waals surface area contributed by atoms with Crippen molar-refractivity contribution in [2.24, 2.45) is 7.05 Å². The maximum Gasteiger partial charge on any atom is 0.251 e. The van der Waals surface area contributed by atoms with Crippen molar-refractivity contribution >= 4 is 40.9 Å². The Bertz CT molecular complexity index is 1070. The van der Waals surface area contributed by atoms with Crippen LogP contribution in [0.1, 0.15) is 27.3 Å². The Morgan fingerprint density at radius 3 is 2.57 bits per heavy atom. The van der Waals surface area contributed by atoms with Gasteiger partial charge < -0.3 is 15.2 Å². The number of hydrogen-bond acceptors (Lipinski definition) is 5. The van der Waals surface area contributed by atoms with Crippen LogP contribution < -0.4 is 10.6 Å². The fourth-order valence-electron chi connectivity index (χ4n) is 2.64. The molecule has 30 heavy (non-hydrogen) atoms. The molecule has 3 rings (SSSR count). The number of halogens is 1. The molecule has 9 heteroatoms. The lowest BCUT2D eigenvalue weighted by Crippen LogP contribution is -2.24.